The van der Waals surface area contributed by atoms with E-state index < -0.39 is 0 Å². The van der Waals surface area contributed by atoms with Crippen LogP contribution in [0.3, 0.4) is 0 Å². The molecule has 1 N–H and O–H groups in total. The zero-order valence-electron chi connectivity index (χ0n) is 18.0. The first kappa shape index (κ1) is 20.0. The van der Waals surface area contributed by atoms with E-state index in [0.29, 0.717) is 5.95 Å². The molecule has 31 heavy (non-hydrogen) atoms. The van der Waals surface area contributed by atoms with Crippen LogP contribution in [0.2, 0.25) is 0 Å². The number of benzene rings is 2. The van der Waals surface area contributed by atoms with Crippen molar-refractivity contribution in [2.75, 3.05) is 56.7 Å². The Morgan fingerprint density at radius 2 is 1.77 bits per heavy atom. The van der Waals surface area contributed by atoms with Crippen LogP contribution in [0.15, 0.2) is 48.7 Å². The lowest BCUT2D eigenvalue weighted by atomic mass is 10.1. The number of hydrogen-bond donors (Lipinski definition) is 1. The molecule has 3 heterocycles. The van der Waals surface area contributed by atoms with Crippen LogP contribution in [-0.2, 0) is 4.74 Å². The van der Waals surface area contributed by atoms with Crippen LogP contribution >= 0.6 is 0 Å². The highest BCUT2D eigenvalue weighted by atomic mass is 16.5. The highest BCUT2D eigenvalue weighted by Crippen LogP contribution is 2.25. The predicted octanol–water partition coefficient (Wildman–Crippen LogP) is 3.68. The molecule has 0 atom stereocenters. The number of hydrogen-bond acceptors (Lipinski definition) is 7. The van der Waals surface area contributed by atoms with Gasteiger partial charge < -0.3 is 24.6 Å². The molecular formula is C24H29N5O2. The van der Waals surface area contributed by atoms with E-state index in [0.717, 1.165) is 74.6 Å². The molecule has 0 spiro atoms. The monoisotopic (exact) mass is 419 g/mol. The lowest BCUT2D eigenvalue weighted by Crippen LogP contribution is -2.36. The summed E-state index contributed by atoms with van der Waals surface area (Å²) >= 11 is 0. The topological polar surface area (TPSA) is 62.8 Å². The van der Waals surface area contributed by atoms with Crippen molar-refractivity contribution in [1.82, 2.24) is 14.9 Å². The molecule has 1 aromatic heterocycles. The van der Waals surface area contributed by atoms with E-state index >= 15 is 0 Å². The Labute approximate surface area is 183 Å². The van der Waals surface area contributed by atoms with Gasteiger partial charge in [0.15, 0.2) is 0 Å². The van der Waals surface area contributed by atoms with Crippen molar-refractivity contribution >= 4 is 28.2 Å². The van der Waals surface area contributed by atoms with Crippen LogP contribution in [0.5, 0.6) is 5.75 Å². The van der Waals surface area contributed by atoms with E-state index in [1.807, 2.05) is 24.4 Å². The molecular weight excluding hydrogens is 390 g/mol. The summed E-state index contributed by atoms with van der Waals surface area (Å²) in [5, 5.41) is 4.32. The van der Waals surface area contributed by atoms with Crippen molar-refractivity contribution < 1.29 is 9.47 Å². The van der Waals surface area contributed by atoms with E-state index in [1.54, 1.807) is 0 Å². The summed E-state index contributed by atoms with van der Waals surface area (Å²) in [6, 6.07) is 14.4. The Balaban J connectivity index is 1.27. The van der Waals surface area contributed by atoms with Gasteiger partial charge in [-0.05, 0) is 56.3 Å². The van der Waals surface area contributed by atoms with Crippen LogP contribution in [0.25, 0.3) is 10.9 Å². The molecule has 0 aliphatic carbocycles. The van der Waals surface area contributed by atoms with Crippen LogP contribution in [0.1, 0.15) is 12.8 Å². The number of fused-ring (bicyclic) bond motifs is 1. The highest BCUT2D eigenvalue weighted by Gasteiger charge is 2.18. The van der Waals surface area contributed by atoms with Gasteiger partial charge in [-0.25, -0.2) is 9.97 Å². The number of rotatable bonds is 5. The molecule has 0 saturated carbocycles. The van der Waals surface area contributed by atoms with E-state index in [4.69, 9.17) is 14.5 Å². The van der Waals surface area contributed by atoms with E-state index in [2.05, 4.69) is 51.4 Å². The van der Waals surface area contributed by atoms with Gasteiger partial charge in [0.2, 0.25) is 5.95 Å². The van der Waals surface area contributed by atoms with Crippen molar-refractivity contribution in [2.24, 2.45) is 0 Å². The molecule has 2 aliphatic heterocycles. The van der Waals surface area contributed by atoms with Gasteiger partial charge in [-0.2, -0.15) is 0 Å². The van der Waals surface area contributed by atoms with Gasteiger partial charge in [0.1, 0.15) is 11.9 Å². The average molecular weight is 420 g/mol. The number of morpholine rings is 1. The fourth-order valence-corrected chi connectivity index (χ4v) is 4.14. The lowest BCUT2D eigenvalue weighted by molar-refractivity contribution is 0.114. The molecule has 0 bridgehead atoms. The van der Waals surface area contributed by atoms with Crippen LogP contribution in [0, 0.1) is 0 Å². The van der Waals surface area contributed by atoms with E-state index in [9.17, 15) is 0 Å². The van der Waals surface area contributed by atoms with E-state index in [1.165, 1.54) is 5.69 Å². The first-order valence-corrected chi connectivity index (χ1v) is 11.0. The van der Waals surface area contributed by atoms with Gasteiger partial charge in [0.25, 0.3) is 0 Å². The van der Waals surface area contributed by atoms with Gasteiger partial charge in [-0.15, -0.1) is 0 Å². The summed E-state index contributed by atoms with van der Waals surface area (Å²) in [6.07, 6.45) is 4.25. The molecule has 162 valence electrons. The third kappa shape index (κ3) is 4.89. The number of anilines is 3. The van der Waals surface area contributed by atoms with Crippen LogP contribution in [-0.4, -0.2) is 67.4 Å². The maximum Gasteiger partial charge on any atom is 0.227 e. The quantitative estimate of drug-likeness (QED) is 0.677. The summed E-state index contributed by atoms with van der Waals surface area (Å²) in [5.41, 5.74) is 3.06. The minimum Gasteiger partial charge on any atom is -0.490 e. The minimum atomic E-state index is 0.276. The number of aromatic nitrogens is 2. The molecule has 2 aromatic carbocycles. The summed E-state index contributed by atoms with van der Waals surface area (Å²) < 4.78 is 11.7. The zero-order chi connectivity index (χ0) is 21.0. The molecule has 2 fully saturated rings. The maximum atomic E-state index is 6.22. The molecule has 0 radical (unpaired) electrons. The molecule has 7 heteroatoms. The van der Waals surface area contributed by atoms with Crippen molar-refractivity contribution in [3.63, 3.8) is 0 Å². The largest absolute Gasteiger partial charge is 0.490 e. The molecule has 7 nitrogen and oxygen atoms in total. The SMILES string of the molecule is CN1CCC(Oc2ccc3cnc(Nc4ccc(N5CCOCC5)cc4)nc3c2)CC1. The van der Waals surface area contributed by atoms with Gasteiger partial charge >= 0.3 is 0 Å². The average Bonchev–Trinajstić information content (AvgIpc) is 2.81. The summed E-state index contributed by atoms with van der Waals surface area (Å²) in [6.45, 7) is 5.60. The van der Waals surface area contributed by atoms with Crippen LogP contribution < -0.4 is 15.0 Å². The Kier molecular flexibility index (Phi) is 5.86. The maximum absolute atomic E-state index is 6.22. The summed E-state index contributed by atoms with van der Waals surface area (Å²) in [7, 11) is 2.16. The third-order valence-electron chi connectivity index (χ3n) is 6.02. The van der Waals surface area contributed by atoms with Gasteiger partial charge in [-0.1, -0.05) is 0 Å². The number of likely N-dealkylation sites (tertiary alicyclic amines) is 1. The molecule has 3 aromatic rings. The Morgan fingerprint density at radius 1 is 1.00 bits per heavy atom. The number of nitrogens with one attached hydrogen (secondary N) is 1. The van der Waals surface area contributed by atoms with Crippen molar-refractivity contribution in [1.29, 1.82) is 0 Å². The highest BCUT2D eigenvalue weighted by molar-refractivity contribution is 5.80. The standard InChI is InChI=1S/C24H29N5O2/c1-28-10-8-21(9-11-28)31-22-7-2-18-17-25-24(27-23(18)16-22)26-19-3-5-20(6-4-19)29-12-14-30-15-13-29/h2-7,16-17,21H,8-15H2,1H3,(H,25,26,27). The fraction of sp³-hybridized carbons (Fsp3) is 0.417. The number of ether oxygens (including phenoxy) is 2. The predicted molar refractivity (Wildman–Crippen MR) is 123 cm³/mol. The second-order valence-electron chi connectivity index (χ2n) is 8.31. The third-order valence-corrected chi connectivity index (χ3v) is 6.02. The molecule has 2 saturated heterocycles. The summed E-state index contributed by atoms with van der Waals surface area (Å²) in [4.78, 5) is 13.9. The normalized spacial score (nSPS) is 18.3. The molecule has 0 amide bonds. The van der Waals surface area contributed by atoms with Crippen molar-refractivity contribution in [3.8, 4) is 5.75 Å². The van der Waals surface area contributed by atoms with Crippen molar-refractivity contribution in [3.05, 3.63) is 48.7 Å². The van der Waals surface area contributed by atoms with Crippen LogP contribution in [0.4, 0.5) is 17.3 Å². The Bertz CT molecular complexity index is 1010. The van der Waals surface area contributed by atoms with Crippen molar-refractivity contribution in [2.45, 2.75) is 18.9 Å². The number of nitrogens with zero attached hydrogens (tertiary/aromatic N) is 4. The minimum absolute atomic E-state index is 0.276. The first-order chi connectivity index (χ1) is 15.2. The Hall–Kier alpha value is -2.90. The first-order valence-electron chi connectivity index (χ1n) is 11.0. The van der Waals surface area contributed by atoms with E-state index in [-0.39, 0.29) is 6.10 Å². The Morgan fingerprint density at radius 3 is 2.55 bits per heavy atom. The fourth-order valence-electron chi connectivity index (χ4n) is 4.14. The van der Waals surface area contributed by atoms with Gasteiger partial charge in [0, 0.05) is 55.2 Å². The zero-order valence-corrected chi connectivity index (χ0v) is 18.0. The molecule has 5 rings (SSSR count). The molecule has 2 aliphatic rings. The summed E-state index contributed by atoms with van der Waals surface area (Å²) in [5.74, 6) is 1.46. The molecule has 0 unspecified atom stereocenters. The second kappa shape index (κ2) is 9.08. The lowest BCUT2D eigenvalue weighted by Gasteiger charge is -2.29. The van der Waals surface area contributed by atoms with Gasteiger partial charge in [0.05, 0.1) is 18.7 Å². The number of piperidine rings is 1. The second-order valence-corrected chi connectivity index (χ2v) is 8.31. The van der Waals surface area contributed by atoms with Gasteiger partial charge in [-0.3, -0.25) is 0 Å². The smallest absolute Gasteiger partial charge is 0.227 e.